The molecule has 12 heavy (non-hydrogen) atoms. The summed E-state index contributed by atoms with van der Waals surface area (Å²) in [6.45, 7) is 2.88. The van der Waals surface area contributed by atoms with Crippen LogP contribution >= 0.6 is 0 Å². The monoisotopic (exact) mass is 169 g/mol. The summed E-state index contributed by atoms with van der Waals surface area (Å²) >= 11 is 0. The first-order valence-corrected chi connectivity index (χ1v) is 4.43. The third kappa shape index (κ3) is 3.05. The van der Waals surface area contributed by atoms with E-state index >= 15 is 0 Å². The first-order valence-electron chi connectivity index (χ1n) is 4.43. The Labute approximate surface area is 72.8 Å². The van der Waals surface area contributed by atoms with Crippen LogP contribution in [0.4, 0.5) is 0 Å². The number of rotatable bonds is 5. The molecule has 1 N–H and O–H groups in total. The molecule has 1 unspecified atom stereocenters. The third-order valence-corrected chi connectivity index (χ3v) is 1.75. The molecule has 0 spiro atoms. The lowest BCUT2D eigenvalue weighted by Gasteiger charge is -2.09. The van der Waals surface area contributed by atoms with Gasteiger partial charge in [0.15, 0.2) is 0 Å². The highest BCUT2D eigenvalue weighted by Crippen LogP contribution is 2.01. The van der Waals surface area contributed by atoms with Gasteiger partial charge in [-0.3, -0.25) is 4.79 Å². The number of ether oxygens (including phenoxy) is 1. The lowest BCUT2D eigenvalue weighted by Crippen LogP contribution is -2.29. The average molecular weight is 169 g/mol. The van der Waals surface area contributed by atoms with Crippen molar-refractivity contribution in [2.24, 2.45) is 0 Å². The summed E-state index contributed by atoms with van der Waals surface area (Å²) in [6, 6.07) is 0. The van der Waals surface area contributed by atoms with Gasteiger partial charge in [0, 0.05) is 12.7 Å². The summed E-state index contributed by atoms with van der Waals surface area (Å²) in [5, 5.41) is 2.66. The van der Waals surface area contributed by atoms with E-state index in [0.29, 0.717) is 0 Å². The normalized spacial score (nSPS) is 21.4. The van der Waals surface area contributed by atoms with Gasteiger partial charge in [-0.1, -0.05) is 19.8 Å². The van der Waals surface area contributed by atoms with E-state index in [1.807, 2.05) is 0 Å². The maximum atomic E-state index is 10.7. The van der Waals surface area contributed by atoms with Crippen molar-refractivity contribution < 1.29 is 9.53 Å². The highest BCUT2D eigenvalue weighted by atomic mass is 16.5. The van der Waals surface area contributed by atoms with E-state index in [2.05, 4.69) is 12.2 Å². The minimum Gasteiger partial charge on any atom is -0.355 e. The van der Waals surface area contributed by atoms with Crippen molar-refractivity contribution in [1.82, 2.24) is 5.32 Å². The molecule has 1 aliphatic heterocycles. The van der Waals surface area contributed by atoms with Crippen molar-refractivity contribution in [3.63, 3.8) is 0 Å². The molecule has 1 aliphatic rings. The first kappa shape index (κ1) is 9.26. The van der Waals surface area contributed by atoms with Crippen LogP contribution in [0, 0.1) is 0 Å². The number of hydrogen-bond acceptors (Lipinski definition) is 2. The Kier molecular flexibility index (Phi) is 3.80. The van der Waals surface area contributed by atoms with Gasteiger partial charge < -0.3 is 10.1 Å². The molecule has 0 aliphatic carbocycles. The highest BCUT2D eigenvalue weighted by molar-refractivity contribution is 5.90. The van der Waals surface area contributed by atoms with Gasteiger partial charge in [0.2, 0.25) is 5.91 Å². The summed E-state index contributed by atoms with van der Waals surface area (Å²) in [5.74, 6) is -0.0597. The van der Waals surface area contributed by atoms with Crippen molar-refractivity contribution in [2.45, 2.75) is 32.4 Å². The van der Waals surface area contributed by atoms with Gasteiger partial charge in [0.25, 0.3) is 0 Å². The second kappa shape index (κ2) is 4.93. The maximum absolute atomic E-state index is 10.7. The van der Waals surface area contributed by atoms with E-state index in [-0.39, 0.29) is 12.1 Å². The minimum absolute atomic E-state index is 0.0597. The van der Waals surface area contributed by atoms with E-state index in [1.165, 1.54) is 18.9 Å². The number of unbranched alkanes of at least 4 members (excludes halogenated alkanes) is 2. The predicted octanol–water partition coefficient (Wildman–Crippen LogP) is 1.21. The Morgan fingerprint density at radius 2 is 2.42 bits per heavy atom. The highest BCUT2D eigenvalue weighted by Gasteiger charge is 2.12. The standard InChI is InChI=1S/C9H15NO2/c1-2-3-4-7-12-9-6-5-8(11)10-9/h5-6,9H,2-4,7H2,1H3,(H,10,11). The van der Waals surface area contributed by atoms with Crippen LogP contribution in [0.5, 0.6) is 0 Å². The Hall–Kier alpha value is -0.830. The lowest BCUT2D eigenvalue weighted by molar-refractivity contribution is -0.118. The molecule has 0 bridgehead atoms. The second-order valence-electron chi connectivity index (χ2n) is 2.87. The van der Waals surface area contributed by atoms with Crippen molar-refractivity contribution >= 4 is 5.91 Å². The van der Waals surface area contributed by atoms with Crippen LogP contribution in [0.15, 0.2) is 12.2 Å². The molecule has 1 amide bonds. The molecule has 68 valence electrons. The van der Waals surface area contributed by atoms with Crippen LogP contribution in [0.1, 0.15) is 26.2 Å². The maximum Gasteiger partial charge on any atom is 0.246 e. The molecule has 0 aromatic rings. The molecule has 0 fully saturated rings. The zero-order chi connectivity index (χ0) is 8.81. The zero-order valence-electron chi connectivity index (χ0n) is 7.38. The van der Waals surface area contributed by atoms with Crippen LogP contribution in [0.2, 0.25) is 0 Å². The SMILES string of the molecule is CCCCCOC1C=CC(=O)N1. The Morgan fingerprint density at radius 1 is 1.58 bits per heavy atom. The van der Waals surface area contributed by atoms with Crippen molar-refractivity contribution in [2.75, 3.05) is 6.61 Å². The average Bonchev–Trinajstić information content (AvgIpc) is 2.45. The molecule has 0 aromatic carbocycles. The fourth-order valence-electron chi connectivity index (χ4n) is 1.07. The van der Waals surface area contributed by atoms with E-state index < -0.39 is 0 Å². The van der Waals surface area contributed by atoms with Gasteiger partial charge >= 0.3 is 0 Å². The van der Waals surface area contributed by atoms with E-state index in [1.54, 1.807) is 6.08 Å². The second-order valence-corrected chi connectivity index (χ2v) is 2.87. The molecular formula is C9H15NO2. The fraction of sp³-hybridized carbons (Fsp3) is 0.667. The predicted molar refractivity (Wildman–Crippen MR) is 46.5 cm³/mol. The van der Waals surface area contributed by atoms with Gasteiger partial charge in [-0.2, -0.15) is 0 Å². The van der Waals surface area contributed by atoms with Gasteiger partial charge in [-0.15, -0.1) is 0 Å². The Bertz CT molecular complexity index is 177. The van der Waals surface area contributed by atoms with Crippen molar-refractivity contribution in [1.29, 1.82) is 0 Å². The van der Waals surface area contributed by atoms with Crippen LogP contribution in [0.3, 0.4) is 0 Å². The van der Waals surface area contributed by atoms with Crippen LogP contribution in [-0.4, -0.2) is 18.7 Å². The Balaban J connectivity index is 2.01. The first-order chi connectivity index (χ1) is 5.83. The molecule has 0 aromatic heterocycles. The van der Waals surface area contributed by atoms with Crippen molar-refractivity contribution in [3.05, 3.63) is 12.2 Å². The summed E-state index contributed by atoms with van der Waals surface area (Å²) in [4.78, 5) is 10.7. The molecule has 0 saturated heterocycles. The van der Waals surface area contributed by atoms with Gasteiger partial charge in [0.05, 0.1) is 0 Å². The molecule has 1 atom stereocenters. The van der Waals surface area contributed by atoms with E-state index in [4.69, 9.17) is 4.74 Å². The molecule has 3 nitrogen and oxygen atoms in total. The zero-order valence-corrected chi connectivity index (χ0v) is 7.38. The summed E-state index contributed by atoms with van der Waals surface area (Å²) in [5.41, 5.74) is 0. The number of carbonyl (C=O) groups excluding carboxylic acids is 1. The molecule has 1 rings (SSSR count). The summed E-state index contributed by atoms with van der Waals surface area (Å²) in [6.07, 6.45) is 6.50. The lowest BCUT2D eigenvalue weighted by atomic mass is 10.3. The number of hydrogen-bond donors (Lipinski definition) is 1. The smallest absolute Gasteiger partial charge is 0.246 e. The van der Waals surface area contributed by atoms with Crippen LogP contribution < -0.4 is 5.32 Å². The molecule has 0 radical (unpaired) electrons. The molecule has 0 saturated carbocycles. The molecule has 3 heteroatoms. The van der Waals surface area contributed by atoms with E-state index in [0.717, 1.165) is 13.0 Å². The molecular weight excluding hydrogens is 154 g/mol. The van der Waals surface area contributed by atoms with E-state index in [9.17, 15) is 4.79 Å². The Morgan fingerprint density at radius 3 is 3.00 bits per heavy atom. The topological polar surface area (TPSA) is 38.3 Å². The number of amides is 1. The molecule has 1 heterocycles. The van der Waals surface area contributed by atoms with Gasteiger partial charge in [-0.25, -0.2) is 0 Å². The fourth-order valence-corrected chi connectivity index (χ4v) is 1.07. The largest absolute Gasteiger partial charge is 0.355 e. The minimum atomic E-state index is -0.186. The van der Waals surface area contributed by atoms with Gasteiger partial charge in [-0.05, 0) is 12.5 Å². The van der Waals surface area contributed by atoms with Gasteiger partial charge in [0.1, 0.15) is 6.23 Å². The number of carbonyl (C=O) groups is 1. The summed E-state index contributed by atoms with van der Waals surface area (Å²) < 4.78 is 5.36. The van der Waals surface area contributed by atoms with Crippen molar-refractivity contribution in [3.8, 4) is 0 Å². The third-order valence-electron chi connectivity index (χ3n) is 1.75. The number of nitrogens with one attached hydrogen (secondary N) is 1. The van der Waals surface area contributed by atoms with Crippen LogP contribution in [-0.2, 0) is 9.53 Å². The summed E-state index contributed by atoms with van der Waals surface area (Å²) in [7, 11) is 0. The quantitative estimate of drug-likeness (QED) is 0.628. The van der Waals surface area contributed by atoms with Crippen LogP contribution in [0.25, 0.3) is 0 Å².